The third-order valence-corrected chi connectivity index (χ3v) is 8.12. The average molecular weight is 570 g/mol. The predicted molar refractivity (Wildman–Crippen MR) is 142 cm³/mol. The van der Waals surface area contributed by atoms with Crippen molar-refractivity contribution in [1.82, 2.24) is 9.88 Å². The van der Waals surface area contributed by atoms with Gasteiger partial charge >= 0.3 is 0 Å². The molecule has 1 aromatic heterocycles. The number of nitrogens with zero attached hydrogens (tertiary/aromatic N) is 3. The van der Waals surface area contributed by atoms with Crippen LogP contribution in [-0.2, 0) is 10.0 Å². The van der Waals surface area contributed by atoms with Crippen LogP contribution in [0.5, 0.6) is 5.88 Å². The van der Waals surface area contributed by atoms with Crippen molar-refractivity contribution in [1.29, 1.82) is 0 Å². The van der Waals surface area contributed by atoms with Crippen LogP contribution >= 0.6 is 34.8 Å². The summed E-state index contributed by atoms with van der Waals surface area (Å²) in [5.41, 5.74) is 0.539. The lowest BCUT2D eigenvalue weighted by atomic mass is 10.2. The van der Waals surface area contributed by atoms with E-state index in [2.05, 4.69) is 10.3 Å². The normalized spacial score (nSPS) is 15.4. The molecule has 0 aliphatic carbocycles. The van der Waals surface area contributed by atoms with Gasteiger partial charge in [-0.15, -0.1) is 0 Å². The van der Waals surface area contributed by atoms with Gasteiger partial charge in [-0.25, -0.2) is 13.4 Å². The molecule has 0 fully saturated rings. The lowest BCUT2D eigenvalue weighted by Crippen LogP contribution is -2.44. The monoisotopic (exact) mass is 568 g/mol. The van der Waals surface area contributed by atoms with Crippen LogP contribution in [0.15, 0.2) is 59.6 Å². The first-order chi connectivity index (χ1) is 17.1. The third-order valence-electron chi connectivity index (χ3n) is 5.48. The number of hydrogen-bond donors (Lipinski definition) is 1. The number of fused-ring (bicyclic) bond motifs is 1. The van der Waals surface area contributed by atoms with Crippen molar-refractivity contribution in [3.63, 3.8) is 0 Å². The fraction of sp³-hybridized carbons (Fsp3) is 0.250. The van der Waals surface area contributed by atoms with Gasteiger partial charge in [0.15, 0.2) is 0 Å². The largest absolute Gasteiger partial charge is 0.471 e. The van der Waals surface area contributed by atoms with Crippen molar-refractivity contribution < 1.29 is 17.9 Å². The van der Waals surface area contributed by atoms with Gasteiger partial charge in [-0.3, -0.25) is 9.10 Å². The highest BCUT2D eigenvalue weighted by atomic mass is 35.5. The Morgan fingerprint density at radius 3 is 2.50 bits per heavy atom. The Bertz CT molecular complexity index is 1380. The molecule has 12 heteroatoms. The summed E-state index contributed by atoms with van der Waals surface area (Å²) in [5.74, 6) is -0.415. The van der Waals surface area contributed by atoms with Crippen LogP contribution in [0.25, 0.3) is 0 Å². The minimum absolute atomic E-state index is 0.0338. The lowest BCUT2D eigenvalue weighted by molar-refractivity contribution is 0.102. The van der Waals surface area contributed by atoms with Crippen molar-refractivity contribution in [3.05, 3.63) is 75.4 Å². The highest BCUT2D eigenvalue weighted by Gasteiger charge is 2.36. The van der Waals surface area contributed by atoms with Crippen LogP contribution in [0.2, 0.25) is 15.1 Å². The molecule has 3 aromatic rings. The van der Waals surface area contributed by atoms with Gasteiger partial charge in [-0.2, -0.15) is 0 Å². The predicted octanol–water partition coefficient (Wildman–Crippen LogP) is 5.20. The molecule has 0 radical (unpaired) electrons. The molecular weight excluding hydrogens is 547 g/mol. The molecule has 0 unspecified atom stereocenters. The standard InChI is InChI=1S/C24H23Cl3N4O4S/c1-30(2)10-9-17-14-31(36(33,34)18-6-3-5-15(25)11-18)21-12-16(13-28-24(21)35-17)29-23(32)22-19(26)7-4-8-20(22)27/h3-8,11-13,17H,9-10,14H2,1-2H3,(H,29,32)/t17-/m0/s1. The molecular formula is C24H23Cl3N4O4S. The Labute approximate surface area is 224 Å². The number of aromatic nitrogens is 1. The van der Waals surface area contributed by atoms with E-state index in [1.165, 1.54) is 28.7 Å². The van der Waals surface area contributed by atoms with Crippen LogP contribution < -0.4 is 14.4 Å². The van der Waals surface area contributed by atoms with E-state index >= 15 is 0 Å². The van der Waals surface area contributed by atoms with Crippen molar-refractivity contribution in [2.24, 2.45) is 0 Å². The number of carbonyl (C=O) groups is 1. The van der Waals surface area contributed by atoms with Crippen LogP contribution in [0.1, 0.15) is 16.8 Å². The Balaban J connectivity index is 1.71. The summed E-state index contributed by atoms with van der Waals surface area (Å²) in [5, 5.41) is 3.35. The number of anilines is 2. The second-order valence-corrected chi connectivity index (χ2v) is 11.5. The maximum absolute atomic E-state index is 13.7. The zero-order valence-corrected chi connectivity index (χ0v) is 22.5. The number of benzene rings is 2. The van der Waals surface area contributed by atoms with Gasteiger partial charge in [0.25, 0.3) is 15.9 Å². The number of nitrogens with one attached hydrogen (secondary N) is 1. The second-order valence-electron chi connectivity index (χ2n) is 8.42. The number of carbonyl (C=O) groups excluding carboxylic acids is 1. The smallest absolute Gasteiger partial charge is 0.264 e. The van der Waals surface area contributed by atoms with Crippen molar-refractivity contribution in [3.8, 4) is 5.88 Å². The van der Waals surface area contributed by atoms with Gasteiger partial charge in [0.05, 0.1) is 38.9 Å². The molecule has 2 aromatic carbocycles. The minimum Gasteiger partial charge on any atom is -0.471 e. The molecule has 36 heavy (non-hydrogen) atoms. The minimum atomic E-state index is -4.02. The van der Waals surface area contributed by atoms with E-state index in [9.17, 15) is 13.2 Å². The molecule has 0 bridgehead atoms. The highest BCUT2D eigenvalue weighted by molar-refractivity contribution is 7.92. The van der Waals surface area contributed by atoms with E-state index in [4.69, 9.17) is 39.5 Å². The SMILES string of the molecule is CN(C)CC[C@H]1CN(S(=O)(=O)c2cccc(Cl)c2)c2cc(NC(=O)c3c(Cl)cccc3Cl)cnc2O1. The van der Waals surface area contributed by atoms with E-state index in [1.54, 1.807) is 30.3 Å². The lowest BCUT2D eigenvalue weighted by Gasteiger charge is -2.35. The molecule has 1 N–H and O–H groups in total. The van der Waals surface area contributed by atoms with Gasteiger partial charge in [0.1, 0.15) is 11.8 Å². The number of ether oxygens (including phenoxy) is 1. The summed E-state index contributed by atoms with van der Waals surface area (Å²) in [6, 6.07) is 12.3. The summed E-state index contributed by atoms with van der Waals surface area (Å²) in [6.07, 6.45) is 1.54. The number of rotatable bonds is 7. The molecule has 1 aliphatic heterocycles. The van der Waals surface area contributed by atoms with Gasteiger partial charge < -0.3 is 15.0 Å². The molecule has 1 atom stereocenters. The fourth-order valence-corrected chi connectivity index (χ4v) is 6.06. The number of halogens is 3. The second kappa shape index (κ2) is 10.8. The summed E-state index contributed by atoms with van der Waals surface area (Å²) in [6.45, 7) is 0.753. The third kappa shape index (κ3) is 5.71. The first-order valence-electron chi connectivity index (χ1n) is 10.9. The quantitative estimate of drug-likeness (QED) is 0.420. The van der Waals surface area contributed by atoms with Crippen molar-refractivity contribution >= 4 is 62.1 Å². The highest BCUT2D eigenvalue weighted by Crippen LogP contribution is 2.38. The topological polar surface area (TPSA) is 91.8 Å². The summed E-state index contributed by atoms with van der Waals surface area (Å²) >= 11 is 18.4. The Morgan fingerprint density at radius 2 is 1.83 bits per heavy atom. The maximum Gasteiger partial charge on any atom is 0.264 e. The molecule has 8 nitrogen and oxygen atoms in total. The van der Waals surface area contributed by atoms with E-state index in [0.29, 0.717) is 18.0 Å². The van der Waals surface area contributed by atoms with Gasteiger partial charge in [0.2, 0.25) is 5.88 Å². The molecule has 0 saturated heterocycles. The molecule has 4 rings (SSSR count). The van der Waals surface area contributed by atoms with E-state index in [0.717, 1.165) is 0 Å². The van der Waals surface area contributed by atoms with Gasteiger partial charge in [-0.1, -0.05) is 46.9 Å². The molecule has 0 spiro atoms. The molecule has 1 amide bonds. The summed E-state index contributed by atoms with van der Waals surface area (Å²) < 4.78 is 34.6. The van der Waals surface area contributed by atoms with Gasteiger partial charge in [0, 0.05) is 11.6 Å². The Morgan fingerprint density at radius 1 is 1.14 bits per heavy atom. The number of sulfonamides is 1. The summed E-state index contributed by atoms with van der Waals surface area (Å²) in [7, 11) is -0.167. The van der Waals surface area contributed by atoms with Crippen molar-refractivity contribution in [2.75, 3.05) is 36.8 Å². The number of amides is 1. The molecule has 2 heterocycles. The van der Waals surface area contributed by atoms with Crippen LogP contribution in [-0.4, -0.2) is 57.5 Å². The first-order valence-corrected chi connectivity index (χ1v) is 13.5. The van der Waals surface area contributed by atoms with E-state index < -0.39 is 22.0 Å². The zero-order chi connectivity index (χ0) is 26.0. The molecule has 190 valence electrons. The van der Waals surface area contributed by atoms with Crippen LogP contribution in [0, 0.1) is 0 Å². The molecule has 0 saturated carbocycles. The van der Waals surface area contributed by atoms with Crippen molar-refractivity contribution in [2.45, 2.75) is 17.4 Å². The number of hydrogen-bond acceptors (Lipinski definition) is 6. The van der Waals surface area contributed by atoms with E-state index in [-0.39, 0.29) is 44.3 Å². The number of pyridine rings is 1. The Kier molecular flexibility index (Phi) is 7.96. The summed E-state index contributed by atoms with van der Waals surface area (Å²) in [4.78, 5) is 19.2. The first kappa shape index (κ1) is 26.5. The van der Waals surface area contributed by atoms with Crippen LogP contribution in [0.3, 0.4) is 0 Å². The molecule has 1 aliphatic rings. The fourth-order valence-electron chi connectivity index (χ4n) is 3.70. The van der Waals surface area contributed by atoms with Gasteiger partial charge in [-0.05, 0) is 56.9 Å². The van der Waals surface area contributed by atoms with Crippen LogP contribution in [0.4, 0.5) is 11.4 Å². The zero-order valence-electron chi connectivity index (χ0n) is 19.4. The maximum atomic E-state index is 13.7. The Hall–Kier alpha value is -2.56. The van der Waals surface area contributed by atoms with E-state index in [1.807, 2.05) is 19.0 Å². The average Bonchev–Trinajstić information content (AvgIpc) is 2.82.